The fourth-order valence-electron chi connectivity index (χ4n) is 5.34. The molecule has 0 radical (unpaired) electrons. The first-order valence-corrected chi connectivity index (χ1v) is 11.5. The van der Waals surface area contributed by atoms with Gasteiger partial charge in [-0.1, -0.05) is 37.6 Å². The third-order valence-electron chi connectivity index (χ3n) is 7.36. The van der Waals surface area contributed by atoms with E-state index in [0.29, 0.717) is 24.5 Å². The molecule has 1 aliphatic carbocycles. The van der Waals surface area contributed by atoms with Crippen LogP contribution in [0.5, 0.6) is 0 Å². The number of hydrogen-bond acceptors (Lipinski definition) is 4. The lowest BCUT2D eigenvalue weighted by Gasteiger charge is -2.51. The topological polar surface area (TPSA) is 86.9 Å². The summed E-state index contributed by atoms with van der Waals surface area (Å²) < 4.78 is 0. The second-order valence-electron chi connectivity index (χ2n) is 10.5. The average Bonchev–Trinajstić information content (AvgIpc) is 3.10. The summed E-state index contributed by atoms with van der Waals surface area (Å²) in [6.07, 6.45) is 4.12. The Bertz CT molecular complexity index is 815. The minimum atomic E-state index is -1.04. The molecule has 2 amide bonds. The van der Waals surface area contributed by atoms with Gasteiger partial charge in [0.1, 0.15) is 0 Å². The van der Waals surface area contributed by atoms with Gasteiger partial charge in [-0.25, -0.2) is 0 Å². The Balaban J connectivity index is 0.00000363. The number of nitrogens with zero attached hydrogens (tertiary/aromatic N) is 2. The van der Waals surface area contributed by atoms with E-state index in [4.69, 9.17) is 17.3 Å². The second-order valence-corrected chi connectivity index (χ2v) is 11.0. The molecule has 3 rings (SSSR count). The quantitative estimate of drug-likeness (QED) is 0.601. The fourth-order valence-corrected chi connectivity index (χ4v) is 5.46. The maximum atomic E-state index is 13.3. The van der Waals surface area contributed by atoms with Crippen LogP contribution in [0.15, 0.2) is 24.3 Å². The van der Waals surface area contributed by atoms with Crippen molar-refractivity contribution in [2.24, 2.45) is 11.1 Å². The second kappa shape index (κ2) is 9.88. The zero-order valence-corrected chi connectivity index (χ0v) is 21.1. The number of likely N-dealkylation sites (tertiary alicyclic amines) is 1. The molecule has 0 spiro atoms. The van der Waals surface area contributed by atoms with Crippen molar-refractivity contribution in [3.05, 3.63) is 34.9 Å². The molecule has 3 N–H and O–H groups in total. The summed E-state index contributed by atoms with van der Waals surface area (Å²) in [4.78, 5) is 28.8. The van der Waals surface area contributed by atoms with E-state index >= 15 is 0 Å². The van der Waals surface area contributed by atoms with E-state index in [1.54, 1.807) is 17.0 Å². The number of hydrogen-bond donors (Lipinski definition) is 2. The predicted molar refractivity (Wildman–Crippen MR) is 130 cm³/mol. The molecule has 180 valence electrons. The van der Waals surface area contributed by atoms with Gasteiger partial charge in [-0.05, 0) is 57.2 Å². The lowest BCUT2D eigenvalue weighted by Crippen LogP contribution is -2.58. The molecule has 1 aromatic carbocycles. The predicted octanol–water partition coefficient (Wildman–Crippen LogP) is 3.71. The van der Waals surface area contributed by atoms with Crippen molar-refractivity contribution >= 4 is 36.3 Å². The maximum Gasteiger partial charge on any atom is 0.224 e. The molecule has 0 aromatic heterocycles. The van der Waals surface area contributed by atoms with Crippen LogP contribution in [0.3, 0.4) is 0 Å². The molecule has 0 unspecified atom stereocenters. The number of benzene rings is 1. The van der Waals surface area contributed by atoms with E-state index in [-0.39, 0.29) is 36.8 Å². The number of piperidine rings is 1. The first-order valence-electron chi connectivity index (χ1n) is 11.2. The molecule has 2 fully saturated rings. The largest absolute Gasteiger partial charge is 0.384 e. The molecule has 2 aliphatic rings. The van der Waals surface area contributed by atoms with Crippen LogP contribution < -0.4 is 5.73 Å². The van der Waals surface area contributed by atoms with E-state index in [1.165, 1.54) is 0 Å². The van der Waals surface area contributed by atoms with E-state index in [9.17, 15) is 14.7 Å². The minimum Gasteiger partial charge on any atom is -0.384 e. The molecule has 1 aliphatic heterocycles. The average molecular weight is 486 g/mol. The summed E-state index contributed by atoms with van der Waals surface area (Å²) in [5.74, 6) is 0.00498. The Kier molecular flexibility index (Phi) is 8.31. The Labute approximate surface area is 202 Å². The number of amides is 2. The van der Waals surface area contributed by atoms with E-state index in [1.807, 2.05) is 44.7 Å². The summed E-state index contributed by atoms with van der Waals surface area (Å²) in [7, 11) is 0. The van der Waals surface area contributed by atoms with Crippen LogP contribution in [-0.2, 0) is 15.2 Å². The van der Waals surface area contributed by atoms with Crippen molar-refractivity contribution in [1.29, 1.82) is 0 Å². The molecule has 6 nitrogen and oxygen atoms in total. The van der Waals surface area contributed by atoms with Crippen LogP contribution in [-0.4, -0.2) is 57.9 Å². The summed E-state index contributed by atoms with van der Waals surface area (Å²) in [5, 5.41) is 12.2. The fraction of sp³-hybridized carbons (Fsp3) is 0.667. The van der Waals surface area contributed by atoms with Gasteiger partial charge in [-0.15, -0.1) is 12.4 Å². The van der Waals surface area contributed by atoms with E-state index in [2.05, 4.69) is 0 Å². The lowest BCUT2D eigenvalue weighted by atomic mass is 9.66. The number of nitrogens with two attached hydrogens (primary N) is 1. The number of carbonyl (C=O) groups is 2. The number of halogens is 2. The van der Waals surface area contributed by atoms with Gasteiger partial charge in [0.15, 0.2) is 0 Å². The first kappa shape index (κ1) is 26.9. The summed E-state index contributed by atoms with van der Waals surface area (Å²) in [6, 6.07) is 7.50. The third kappa shape index (κ3) is 5.24. The minimum absolute atomic E-state index is 0. The molecule has 1 aromatic rings. The van der Waals surface area contributed by atoms with Gasteiger partial charge in [0.2, 0.25) is 12.3 Å². The Morgan fingerprint density at radius 2 is 1.94 bits per heavy atom. The monoisotopic (exact) mass is 485 g/mol. The number of rotatable bonds is 6. The van der Waals surface area contributed by atoms with Crippen molar-refractivity contribution in [3.63, 3.8) is 0 Å². The highest BCUT2D eigenvalue weighted by molar-refractivity contribution is 6.30. The standard InChI is InChI=1S/C24H36ClN3O3.ClH/c1-22(2)15-27(12-11-24(22,31)17-5-7-18(25)8-6-17)21(30)14-23(3,4)28(16-29)20-10-9-19(26)13-20;/h5-8,16,19-20,31H,9-15,26H2,1-4H3;1H/t19-,20-,24+;/m1./s1. The van der Waals surface area contributed by atoms with Crippen molar-refractivity contribution < 1.29 is 14.7 Å². The number of carbonyl (C=O) groups excluding carboxylic acids is 2. The summed E-state index contributed by atoms with van der Waals surface area (Å²) >= 11 is 6.02. The highest BCUT2D eigenvalue weighted by Gasteiger charge is 2.50. The third-order valence-corrected chi connectivity index (χ3v) is 7.61. The molecule has 3 atom stereocenters. The Morgan fingerprint density at radius 1 is 1.31 bits per heavy atom. The molecular weight excluding hydrogens is 449 g/mol. The molecule has 32 heavy (non-hydrogen) atoms. The van der Waals surface area contributed by atoms with Gasteiger partial charge in [-0.3, -0.25) is 9.59 Å². The summed E-state index contributed by atoms with van der Waals surface area (Å²) in [5.41, 5.74) is 4.68. The molecule has 1 heterocycles. The van der Waals surface area contributed by atoms with Crippen LogP contribution in [0.2, 0.25) is 5.02 Å². The number of aliphatic hydroxyl groups is 1. The van der Waals surface area contributed by atoms with Gasteiger partial charge >= 0.3 is 0 Å². The Morgan fingerprint density at radius 3 is 2.44 bits per heavy atom. The van der Waals surface area contributed by atoms with Crippen molar-refractivity contribution in [3.8, 4) is 0 Å². The van der Waals surface area contributed by atoms with Crippen LogP contribution in [0.1, 0.15) is 65.4 Å². The molecule has 1 saturated heterocycles. The zero-order valence-electron chi connectivity index (χ0n) is 19.5. The maximum absolute atomic E-state index is 13.3. The molecule has 8 heteroatoms. The van der Waals surface area contributed by atoms with Crippen molar-refractivity contribution in [1.82, 2.24) is 9.80 Å². The first-order chi connectivity index (χ1) is 14.4. The Hall–Kier alpha value is -1.34. The van der Waals surface area contributed by atoms with Crippen LogP contribution >= 0.6 is 24.0 Å². The molecular formula is C24H37Cl2N3O3. The zero-order chi connectivity index (χ0) is 23.0. The summed E-state index contributed by atoms with van der Waals surface area (Å²) in [6.45, 7) is 8.78. The van der Waals surface area contributed by atoms with Gasteiger partial charge in [0.05, 0.1) is 5.60 Å². The highest BCUT2D eigenvalue weighted by Crippen LogP contribution is 2.46. The lowest BCUT2D eigenvalue weighted by molar-refractivity contribution is -0.155. The van der Waals surface area contributed by atoms with Gasteiger partial charge < -0.3 is 20.6 Å². The van der Waals surface area contributed by atoms with Crippen molar-refractivity contribution in [2.45, 2.75) is 83.0 Å². The van der Waals surface area contributed by atoms with Gasteiger partial charge in [0, 0.05) is 47.6 Å². The van der Waals surface area contributed by atoms with Gasteiger partial charge in [-0.2, -0.15) is 0 Å². The highest BCUT2D eigenvalue weighted by atomic mass is 35.5. The van der Waals surface area contributed by atoms with Crippen LogP contribution in [0.25, 0.3) is 0 Å². The molecule has 0 bridgehead atoms. The smallest absolute Gasteiger partial charge is 0.224 e. The van der Waals surface area contributed by atoms with Gasteiger partial charge in [0.25, 0.3) is 0 Å². The van der Waals surface area contributed by atoms with E-state index < -0.39 is 16.6 Å². The van der Waals surface area contributed by atoms with Crippen LogP contribution in [0, 0.1) is 5.41 Å². The normalized spacial score (nSPS) is 27.5. The van der Waals surface area contributed by atoms with Crippen LogP contribution in [0.4, 0.5) is 0 Å². The molecule has 1 saturated carbocycles. The SMILES string of the molecule is CC(C)(CC(=O)N1CC[C@](O)(c2ccc(Cl)cc2)C(C)(C)C1)N(C=O)[C@@H]1CC[C@@H](N)C1.Cl. The van der Waals surface area contributed by atoms with Crippen molar-refractivity contribution in [2.75, 3.05) is 13.1 Å². The van der Waals surface area contributed by atoms with E-state index in [0.717, 1.165) is 31.2 Å².